The lowest BCUT2D eigenvalue weighted by Gasteiger charge is -2.36. The lowest BCUT2D eigenvalue weighted by atomic mass is 9.85. The summed E-state index contributed by atoms with van der Waals surface area (Å²) in [6, 6.07) is 8.08. The van der Waals surface area contributed by atoms with Crippen LogP contribution in [0.1, 0.15) is 104 Å². The second kappa shape index (κ2) is 16.0. The topological polar surface area (TPSA) is 165 Å². The van der Waals surface area contributed by atoms with Crippen molar-refractivity contribution in [3.8, 4) is 16.6 Å². The van der Waals surface area contributed by atoms with Crippen molar-refractivity contribution >= 4 is 55.8 Å². The first kappa shape index (κ1) is 45.1. The molecule has 0 bridgehead atoms. The number of carbonyl (C=O) groups excluding carboxylic acids is 3. The average molecular weight is 898 g/mol. The van der Waals surface area contributed by atoms with Crippen LogP contribution in [-0.4, -0.2) is 80.6 Å². The number of ether oxygens (including phenoxy) is 1. The standard InChI is InChI=1S/C44H54F3N7O6S2/c1-10-26-21-43(26,39(57)52-62(58,59)42(9)17-18-42)51-36(55)33-20-29(22-53(33)38(56)35(41(6,7)8)48-28-14-11-13-27(19-28)44(45,46)47)60-40-50-34-30(37-49-31(23-61-37)24(2)3)15-12-16-32(34)54(40)25(4)5/h10-16,19,23-26,29,33,35,48H,1,17-18,20-22H2,2-9H3,(H,51,55)(H,52,57). The molecule has 2 saturated carbocycles. The maximum atomic E-state index is 14.9. The molecule has 3 aliphatic rings. The number of thiazole rings is 1. The van der Waals surface area contributed by atoms with E-state index in [-0.39, 0.29) is 43.0 Å². The van der Waals surface area contributed by atoms with Gasteiger partial charge in [-0.1, -0.05) is 52.8 Å². The highest BCUT2D eigenvalue weighted by atomic mass is 32.2. The second-order valence-electron chi connectivity index (χ2n) is 18.7. The first-order valence-electron chi connectivity index (χ1n) is 20.8. The van der Waals surface area contributed by atoms with E-state index in [1.807, 2.05) is 42.0 Å². The highest BCUT2D eigenvalue weighted by Crippen LogP contribution is 2.47. The Kier molecular flexibility index (Phi) is 11.6. The first-order valence-corrected chi connectivity index (χ1v) is 23.1. The lowest BCUT2D eigenvalue weighted by molar-refractivity contribution is -0.141. The summed E-state index contributed by atoms with van der Waals surface area (Å²) in [4.78, 5) is 54.5. The molecule has 3 fully saturated rings. The van der Waals surface area contributed by atoms with Crippen molar-refractivity contribution < 1.29 is 40.7 Å². The number of halogens is 3. The Morgan fingerprint density at radius 2 is 1.74 bits per heavy atom. The number of likely N-dealkylation sites (tertiary alicyclic amines) is 1. The minimum atomic E-state index is -4.63. The summed E-state index contributed by atoms with van der Waals surface area (Å²) in [6.45, 7) is 18.6. The molecule has 3 heterocycles. The van der Waals surface area contributed by atoms with E-state index < -0.39 is 79.3 Å². The number of hydrogen-bond acceptors (Lipinski definition) is 10. The van der Waals surface area contributed by atoms with Gasteiger partial charge in [0.2, 0.25) is 21.8 Å². The van der Waals surface area contributed by atoms with Crippen LogP contribution in [-0.2, 0) is 30.6 Å². The smallest absolute Gasteiger partial charge is 0.416 e. The molecule has 62 heavy (non-hydrogen) atoms. The monoisotopic (exact) mass is 897 g/mol. The van der Waals surface area contributed by atoms with Gasteiger partial charge in [-0.2, -0.15) is 18.2 Å². The van der Waals surface area contributed by atoms with Gasteiger partial charge in [-0.15, -0.1) is 17.9 Å². The maximum Gasteiger partial charge on any atom is 0.416 e. The highest BCUT2D eigenvalue weighted by molar-refractivity contribution is 7.91. The van der Waals surface area contributed by atoms with E-state index in [0.29, 0.717) is 18.4 Å². The quantitative estimate of drug-likeness (QED) is 0.107. The van der Waals surface area contributed by atoms with Gasteiger partial charge in [0.25, 0.3) is 11.9 Å². The Bertz CT molecular complexity index is 2520. The van der Waals surface area contributed by atoms with Gasteiger partial charge in [0.15, 0.2) is 0 Å². The molecule has 5 atom stereocenters. The number of aromatic nitrogens is 3. The van der Waals surface area contributed by atoms with E-state index in [9.17, 15) is 36.0 Å². The number of benzene rings is 2. The van der Waals surface area contributed by atoms with Gasteiger partial charge in [-0.05, 0) is 81.7 Å². The van der Waals surface area contributed by atoms with Crippen molar-refractivity contribution in [1.82, 2.24) is 29.5 Å². The normalized spacial score (nSPS) is 22.7. The molecular weight excluding hydrogens is 844 g/mol. The molecule has 2 aromatic heterocycles. The van der Waals surface area contributed by atoms with Crippen LogP contribution in [0, 0.1) is 11.3 Å². The third-order valence-electron chi connectivity index (χ3n) is 12.2. The van der Waals surface area contributed by atoms with Crippen LogP contribution in [0.5, 0.6) is 6.01 Å². The largest absolute Gasteiger partial charge is 0.459 e. The Morgan fingerprint density at radius 1 is 1.05 bits per heavy atom. The minimum absolute atomic E-state index is 0.0521. The highest BCUT2D eigenvalue weighted by Gasteiger charge is 2.63. The van der Waals surface area contributed by atoms with E-state index in [2.05, 4.69) is 35.8 Å². The van der Waals surface area contributed by atoms with Crippen LogP contribution >= 0.6 is 11.3 Å². The SMILES string of the molecule is C=CC1CC1(NC(=O)C1CC(Oc2nc3c(-c4nc(C(C)C)cs4)cccc3n2C(C)C)CN1C(=O)C(Nc1cccc(C(F)(F)F)c1)C(C)(C)C)C(=O)NS(=O)(=O)C1(C)CC1. The second-order valence-corrected chi connectivity index (χ2v) is 21.7. The number of imidazole rings is 1. The Labute approximate surface area is 364 Å². The lowest BCUT2D eigenvalue weighted by Crippen LogP contribution is -2.59. The van der Waals surface area contributed by atoms with Crippen LogP contribution < -0.4 is 20.1 Å². The van der Waals surface area contributed by atoms with Crippen molar-refractivity contribution in [3.05, 3.63) is 71.8 Å². The number of para-hydroxylation sites is 1. The zero-order valence-electron chi connectivity index (χ0n) is 36.1. The van der Waals surface area contributed by atoms with Crippen LogP contribution in [0.3, 0.4) is 0 Å². The minimum Gasteiger partial charge on any atom is -0.459 e. The number of rotatable bonds is 14. The molecule has 7 rings (SSSR count). The molecule has 0 radical (unpaired) electrons. The zero-order chi connectivity index (χ0) is 45.3. The summed E-state index contributed by atoms with van der Waals surface area (Å²) in [6.07, 6.45) is -3.16. The summed E-state index contributed by atoms with van der Waals surface area (Å²) >= 11 is 1.52. The van der Waals surface area contributed by atoms with E-state index in [4.69, 9.17) is 14.7 Å². The number of fused-ring (bicyclic) bond motifs is 1. The third kappa shape index (κ3) is 8.56. The van der Waals surface area contributed by atoms with Crippen LogP contribution in [0.4, 0.5) is 18.9 Å². The maximum absolute atomic E-state index is 14.9. The fourth-order valence-corrected chi connectivity index (χ4v) is 10.3. The van der Waals surface area contributed by atoms with Crippen molar-refractivity contribution in [1.29, 1.82) is 0 Å². The average Bonchev–Trinajstić information content (AvgIpc) is 3.87. The number of alkyl halides is 3. The van der Waals surface area contributed by atoms with Gasteiger partial charge < -0.3 is 20.3 Å². The molecule has 334 valence electrons. The van der Waals surface area contributed by atoms with Gasteiger partial charge in [0.1, 0.15) is 34.3 Å². The summed E-state index contributed by atoms with van der Waals surface area (Å²) in [5.74, 6) is -2.58. The predicted octanol–water partition coefficient (Wildman–Crippen LogP) is 7.82. The molecule has 4 aromatic rings. The van der Waals surface area contributed by atoms with Crippen LogP contribution in [0.25, 0.3) is 21.6 Å². The van der Waals surface area contributed by atoms with Crippen LogP contribution in [0.2, 0.25) is 0 Å². The van der Waals surface area contributed by atoms with Gasteiger partial charge in [0, 0.05) is 35.0 Å². The van der Waals surface area contributed by atoms with Gasteiger partial charge in [-0.25, -0.2) is 13.4 Å². The van der Waals surface area contributed by atoms with E-state index in [1.54, 1.807) is 27.7 Å². The molecule has 3 amide bonds. The fourth-order valence-electron chi connectivity index (χ4n) is 7.93. The van der Waals surface area contributed by atoms with E-state index >= 15 is 0 Å². The number of hydrogen-bond donors (Lipinski definition) is 3. The first-order chi connectivity index (χ1) is 28.9. The summed E-state index contributed by atoms with van der Waals surface area (Å²) in [5, 5.41) is 8.64. The number of nitrogens with one attached hydrogen (secondary N) is 3. The van der Waals surface area contributed by atoms with Gasteiger partial charge in [0.05, 0.1) is 28.1 Å². The van der Waals surface area contributed by atoms with Crippen molar-refractivity contribution in [3.63, 3.8) is 0 Å². The predicted molar refractivity (Wildman–Crippen MR) is 232 cm³/mol. The Hall–Kier alpha value is -4.97. The molecular formula is C44H54F3N7O6S2. The molecule has 1 aliphatic heterocycles. The van der Waals surface area contributed by atoms with E-state index in [0.717, 1.165) is 33.9 Å². The Morgan fingerprint density at radius 3 is 2.32 bits per heavy atom. The molecule has 18 heteroatoms. The molecule has 2 aliphatic carbocycles. The Balaban J connectivity index is 1.23. The van der Waals surface area contributed by atoms with Gasteiger partial charge >= 0.3 is 6.18 Å². The summed E-state index contributed by atoms with van der Waals surface area (Å²) in [7, 11) is -4.06. The summed E-state index contributed by atoms with van der Waals surface area (Å²) in [5.41, 5.74) is -0.151. The fraction of sp³-hybridized carbons (Fsp3) is 0.523. The van der Waals surface area contributed by atoms with Crippen molar-refractivity contribution in [2.45, 2.75) is 128 Å². The summed E-state index contributed by atoms with van der Waals surface area (Å²) < 4.78 is 77.2. The molecule has 0 spiro atoms. The van der Waals surface area contributed by atoms with Gasteiger partial charge in [-0.3, -0.25) is 23.7 Å². The number of carbonyl (C=O) groups is 3. The molecule has 2 aromatic carbocycles. The van der Waals surface area contributed by atoms with Crippen molar-refractivity contribution in [2.75, 3.05) is 11.9 Å². The molecule has 13 nitrogen and oxygen atoms in total. The zero-order valence-corrected chi connectivity index (χ0v) is 37.7. The number of anilines is 1. The number of sulfonamides is 1. The third-order valence-corrected chi connectivity index (χ3v) is 15.2. The van der Waals surface area contributed by atoms with Crippen molar-refractivity contribution in [2.24, 2.45) is 11.3 Å². The number of amides is 3. The molecule has 1 saturated heterocycles. The molecule has 5 unspecified atom stereocenters. The molecule has 3 N–H and O–H groups in total. The number of nitrogens with zero attached hydrogens (tertiary/aromatic N) is 4. The van der Waals surface area contributed by atoms with E-state index in [1.165, 1.54) is 34.4 Å². The van der Waals surface area contributed by atoms with Crippen LogP contribution in [0.15, 0.2) is 60.5 Å².